The Labute approximate surface area is 130 Å². The summed E-state index contributed by atoms with van der Waals surface area (Å²) >= 11 is 15.8. The zero-order valence-electron chi connectivity index (χ0n) is 9.75. The van der Waals surface area contributed by atoms with Crippen LogP contribution in [0.3, 0.4) is 0 Å². The molecule has 1 aromatic rings. The molecule has 104 valence electrons. The normalized spacial score (nSPS) is 13.8. The standard InChI is InChI=1S/C10H14BrCl2NO2S2/c1-2-7(3-4-12)6-14-18(15,16)9-5-8(13)10(11)17-9/h5,7,14H,2-4,6H2,1H3. The Hall–Kier alpha value is 0.670. The zero-order chi connectivity index (χ0) is 13.8. The third-order valence-corrected chi connectivity index (χ3v) is 7.13. The molecule has 0 aliphatic rings. The first-order chi connectivity index (χ1) is 8.40. The van der Waals surface area contributed by atoms with Crippen LogP contribution >= 0.6 is 50.5 Å². The van der Waals surface area contributed by atoms with Crippen LogP contribution in [-0.4, -0.2) is 20.8 Å². The Morgan fingerprint density at radius 2 is 2.22 bits per heavy atom. The van der Waals surface area contributed by atoms with E-state index in [1.165, 1.54) is 6.07 Å². The number of hydrogen-bond acceptors (Lipinski definition) is 3. The summed E-state index contributed by atoms with van der Waals surface area (Å²) in [6.45, 7) is 2.42. The van der Waals surface area contributed by atoms with Crippen molar-refractivity contribution in [3.8, 4) is 0 Å². The van der Waals surface area contributed by atoms with Crippen molar-refractivity contribution in [3.05, 3.63) is 14.9 Å². The predicted molar refractivity (Wildman–Crippen MR) is 81.3 cm³/mol. The molecule has 0 radical (unpaired) electrons. The molecule has 1 atom stereocenters. The summed E-state index contributed by atoms with van der Waals surface area (Å²) < 4.78 is 27.5. The van der Waals surface area contributed by atoms with E-state index in [1.807, 2.05) is 6.92 Å². The SMILES string of the molecule is CCC(CCCl)CNS(=O)(=O)c1cc(Cl)c(Br)s1. The van der Waals surface area contributed by atoms with E-state index in [0.29, 0.717) is 21.2 Å². The molecule has 1 unspecified atom stereocenters. The van der Waals surface area contributed by atoms with Crippen molar-refractivity contribution in [1.29, 1.82) is 0 Å². The molecule has 0 saturated carbocycles. The Kier molecular flexibility index (Phi) is 6.92. The Morgan fingerprint density at radius 3 is 2.67 bits per heavy atom. The van der Waals surface area contributed by atoms with Crippen LogP contribution < -0.4 is 4.72 Å². The van der Waals surface area contributed by atoms with Crippen molar-refractivity contribution < 1.29 is 8.42 Å². The number of nitrogens with one attached hydrogen (secondary N) is 1. The maximum absolute atomic E-state index is 12.0. The van der Waals surface area contributed by atoms with Gasteiger partial charge in [0.15, 0.2) is 0 Å². The lowest BCUT2D eigenvalue weighted by Gasteiger charge is -2.13. The predicted octanol–water partition coefficient (Wildman–Crippen LogP) is 4.10. The van der Waals surface area contributed by atoms with Crippen molar-refractivity contribution in [2.45, 2.75) is 24.0 Å². The summed E-state index contributed by atoms with van der Waals surface area (Å²) in [7, 11) is -3.47. The number of sulfonamides is 1. The van der Waals surface area contributed by atoms with Crippen LogP contribution in [0.2, 0.25) is 5.02 Å². The van der Waals surface area contributed by atoms with Crippen LogP contribution in [0, 0.1) is 5.92 Å². The van der Waals surface area contributed by atoms with Gasteiger partial charge in [0, 0.05) is 12.4 Å². The van der Waals surface area contributed by atoms with Crippen LogP contribution in [0.4, 0.5) is 0 Å². The fourth-order valence-corrected chi connectivity index (χ4v) is 5.23. The highest BCUT2D eigenvalue weighted by Gasteiger charge is 2.20. The number of thiophene rings is 1. The maximum atomic E-state index is 12.0. The minimum Gasteiger partial charge on any atom is -0.210 e. The highest BCUT2D eigenvalue weighted by atomic mass is 79.9. The molecule has 1 heterocycles. The van der Waals surface area contributed by atoms with Gasteiger partial charge < -0.3 is 0 Å². The van der Waals surface area contributed by atoms with Crippen LogP contribution in [0.5, 0.6) is 0 Å². The van der Waals surface area contributed by atoms with E-state index in [2.05, 4.69) is 20.7 Å². The molecular formula is C10H14BrCl2NO2S2. The molecule has 1 N–H and O–H groups in total. The number of hydrogen-bond donors (Lipinski definition) is 1. The first-order valence-electron chi connectivity index (χ1n) is 5.41. The summed E-state index contributed by atoms with van der Waals surface area (Å²) in [6.07, 6.45) is 1.69. The molecule has 18 heavy (non-hydrogen) atoms. The van der Waals surface area contributed by atoms with Gasteiger partial charge in [-0.05, 0) is 34.3 Å². The van der Waals surface area contributed by atoms with Gasteiger partial charge in [-0.15, -0.1) is 22.9 Å². The van der Waals surface area contributed by atoms with E-state index in [1.54, 1.807) is 0 Å². The van der Waals surface area contributed by atoms with E-state index in [0.717, 1.165) is 24.2 Å². The van der Waals surface area contributed by atoms with Gasteiger partial charge in [0.2, 0.25) is 10.0 Å². The lowest BCUT2D eigenvalue weighted by Crippen LogP contribution is -2.29. The molecule has 0 aliphatic carbocycles. The molecule has 0 amide bonds. The summed E-state index contributed by atoms with van der Waals surface area (Å²) in [5, 5.41) is 0.410. The molecule has 0 aliphatic heterocycles. The van der Waals surface area contributed by atoms with Crippen molar-refractivity contribution in [3.63, 3.8) is 0 Å². The molecule has 1 aromatic heterocycles. The van der Waals surface area contributed by atoms with E-state index in [4.69, 9.17) is 23.2 Å². The van der Waals surface area contributed by atoms with Crippen LogP contribution in [0.15, 0.2) is 14.1 Å². The van der Waals surface area contributed by atoms with Crippen LogP contribution in [-0.2, 0) is 10.0 Å². The minimum absolute atomic E-state index is 0.222. The van der Waals surface area contributed by atoms with E-state index < -0.39 is 10.0 Å². The van der Waals surface area contributed by atoms with Gasteiger partial charge in [0.1, 0.15) is 4.21 Å². The van der Waals surface area contributed by atoms with Crippen LogP contribution in [0.1, 0.15) is 19.8 Å². The van der Waals surface area contributed by atoms with E-state index in [-0.39, 0.29) is 10.1 Å². The minimum atomic E-state index is -3.47. The first kappa shape index (κ1) is 16.7. The molecule has 0 spiro atoms. The number of alkyl halides is 1. The molecule has 0 fully saturated rings. The molecule has 0 aromatic carbocycles. The van der Waals surface area contributed by atoms with Gasteiger partial charge in [-0.1, -0.05) is 24.9 Å². The van der Waals surface area contributed by atoms with Gasteiger partial charge in [-0.2, -0.15) is 0 Å². The van der Waals surface area contributed by atoms with Crippen molar-refractivity contribution >= 4 is 60.5 Å². The Balaban J connectivity index is 2.70. The second-order valence-electron chi connectivity index (χ2n) is 3.79. The molecule has 0 saturated heterocycles. The average Bonchev–Trinajstić information content (AvgIpc) is 2.66. The highest BCUT2D eigenvalue weighted by molar-refractivity contribution is 9.11. The monoisotopic (exact) mass is 393 g/mol. The van der Waals surface area contributed by atoms with Crippen molar-refractivity contribution in [2.24, 2.45) is 5.92 Å². The number of rotatable bonds is 7. The van der Waals surface area contributed by atoms with Gasteiger partial charge in [-0.25, -0.2) is 13.1 Å². The fraction of sp³-hybridized carbons (Fsp3) is 0.600. The maximum Gasteiger partial charge on any atom is 0.250 e. The second kappa shape index (κ2) is 7.45. The van der Waals surface area contributed by atoms with E-state index in [9.17, 15) is 8.42 Å². The largest absolute Gasteiger partial charge is 0.250 e. The fourth-order valence-electron chi connectivity index (χ4n) is 1.36. The van der Waals surface area contributed by atoms with Crippen molar-refractivity contribution in [1.82, 2.24) is 4.72 Å². The Bertz CT molecular complexity index is 471. The van der Waals surface area contributed by atoms with Gasteiger partial charge in [0.05, 0.1) is 8.81 Å². The van der Waals surface area contributed by atoms with Gasteiger partial charge in [-0.3, -0.25) is 0 Å². The van der Waals surface area contributed by atoms with Gasteiger partial charge >= 0.3 is 0 Å². The summed E-state index contributed by atoms with van der Waals surface area (Å²) in [5.41, 5.74) is 0. The second-order valence-corrected chi connectivity index (χ2v) is 8.94. The first-order valence-corrected chi connectivity index (χ1v) is 9.41. The van der Waals surface area contributed by atoms with Crippen LogP contribution in [0.25, 0.3) is 0 Å². The van der Waals surface area contributed by atoms with E-state index >= 15 is 0 Å². The molecule has 8 heteroatoms. The third-order valence-electron chi connectivity index (χ3n) is 2.54. The zero-order valence-corrected chi connectivity index (χ0v) is 14.5. The topological polar surface area (TPSA) is 46.2 Å². The quantitative estimate of drug-likeness (QED) is 0.707. The van der Waals surface area contributed by atoms with Gasteiger partial charge in [0.25, 0.3) is 0 Å². The molecular weight excluding hydrogens is 381 g/mol. The summed E-state index contributed by atoms with van der Waals surface area (Å²) in [4.78, 5) is 0. The number of halogens is 3. The summed E-state index contributed by atoms with van der Waals surface area (Å²) in [6, 6.07) is 1.45. The molecule has 1 rings (SSSR count). The molecule has 3 nitrogen and oxygen atoms in total. The summed E-state index contributed by atoms with van der Waals surface area (Å²) in [5.74, 6) is 0.799. The van der Waals surface area contributed by atoms with Crippen molar-refractivity contribution in [2.75, 3.05) is 12.4 Å². The average molecular weight is 395 g/mol. The highest BCUT2D eigenvalue weighted by Crippen LogP contribution is 2.34. The Morgan fingerprint density at radius 1 is 1.56 bits per heavy atom. The third kappa shape index (κ3) is 4.65. The molecule has 0 bridgehead atoms. The lowest BCUT2D eigenvalue weighted by molar-refractivity contribution is 0.481. The smallest absolute Gasteiger partial charge is 0.210 e. The lowest BCUT2D eigenvalue weighted by atomic mass is 10.0.